The molecule has 0 saturated heterocycles. The third kappa shape index (κ3) is 4.56. The fraction of sp³-hybridized carbons (Fsp3) is 0.292. The Labute approximate surface area is 186 Å². The number of ether oxygens (including phenoxy) is 2. The molecule has 0 aliphatic carbocycles. The lowest BCUT2D eigenvalue weighted by atomic mass is 9.99. The summed E-state index contributed by atoms with van der Waals surface area (Å²) >= 11 is 0. The van der Waals surface area contributed by atoms with E-state index < -0.39 is 17.5 Å². The number of aliphatic hydroxyl groups is 1. The van der Waals surface area contributed by atoms with E-state index in [1.165, 1.54) is 7.11 Å². The average molecular weight is 438 g/mol. The molecular weight excluding hydrogens is 412 g/mol. The number of hydrogen-bond donors (Lipinski definition) is 2. The maximum Gasteiger partial charge on any atom is 0.357 e. The molecule has 168 valence electrons. The molecule has 1 aromatic heterocycles. The Morgan fingerprint density at radius 1 is 1.09 bits per heavy atom. The predicted molar refractivity (Wildman–Crippen MR) is 118 cm³/mol. The number of carboxylic acid groups (broad SMARTS) is 1. The second-order valence-corrected chi connectivity index (χ2v) is 7.65. The third-order valence-corrected chi connectivity index (χ3v) is 4.93. The van der Waals surface area contributed by atoms with Gasteiger partial charge in [-0.1, -0.05) is 30.3 Å². The lowest BCUT2D eigenvalue weighted by Gasteiger charge is -2.17. The van der Waals surface area contributed by atoms with Gasteiger partial charge >= 0.3 is 11.9 Å². The maximum atomic E-state index is 12.7. The van der Waals surface area contributed by atoms with Gasteiger partial charge in [-0.3, -0.25) is 4.57 Å². The van der Waals surface area contributed by atoms with Crippen molar-refractivity contribution in [3.63, 3.8) is 0 Å². The van der Waals surface area contributed by atoms with Crippen LogP contribution in [0.25, 0.3) is 16.8 Å². The van der Waals surface area contributed by atoms with Crippen molar-refractivity contribution in [1.29, 1.82) is 0 Å². The average Bonchev–Trinajstić information content (AvgIpc) is 3.17. The topological polar surface area (TPSA) is 111 Å². The monoisotopic (exact) mass is 438 g/mol. The Balaban J connectivity index is 2.17. The van der Waals surface area contributed by atoms with Crippen LogP contribution in [0.4, 0.5) is 0 Å². The van der Waals surface area contributed by atoms with E-state index in [4.69, 9.17) is 9.47 Å². The van der Waals surface area contributed by atoms with Crippen molar-refractivity contribution in [1.82, 2.24) is 9.55 Å². The van der Waals surface area contributed by atoms with Crippen molar-refractivity contribution in [2.45, 2.75) is 33.0 Å². The van der Waals surface area contributed by atoms with Crippen LogP contribution in [-0.4, -0.2) is 45.4 Å². The number of carbonyl (C=O) groups is 2. The van der Waals surface area contributed by atoms with Crippen LogP contribution in [0.3, 0.4) is 0 Å². The summed E-state index contributed by atoms with van der Waals surface area (Å²) in [6, 6.07) is 13.8. The number of carbonyl (C=O) groups excluding carboxylic acids is 1. The number of imidazole rings is 1. The van der Waals surface area contributed by atoms with Crippen LogP contribution in [0.5, 0.6) is 0 Å². The summed E-state index contributed by atoms with van der Waals surface area (Å²) in [4.78, 5) is 28.7. The fourth-order valence-electron chi connectivity index (χ4n) is 3.46. The lowest BCUT2D eigenvalue weighted by molar-refractivity contribution is 0.0535. The second kappa shape index (κ2) is 9.33. The first-order valence-corrected chi connectivity index (χ1v) is 10.1. The van der Waals surface area contributed by atoms with E-state index in [0.717, 1.165) is 0 Å². The Kier molecular flexibility index (Phi) is 6.76. The quantitative estimate of drug-likeness (QED) is 0.515. The molecule has 0 aliphatic heterocycles. The number of nitrogens with zero attached hydrogens (tertiary/aromatic N) is 2. The predicted octanol–water partition coefficient (Wildman–Crippen LogP) is 3.79. The molecule has 0 saturated carbocycles. The summed E-state index contributed by atoms with van der Waals surface area (Å²) in [6.07, 6.45) is 0. The molecule has 0 amide bonds. The van der Waals surface area contributed by atoms with E-state index in [0.29, 0.717) is 29.2 Å². The molecule has 8 heteroatoms. The first-order chi connectivity index (χ1) is 15.2. The van der Waals surface area contributed by atoms with Crippen LogP contribution in [0.1, 0.15) is 53.1 Å². The molecule has 3 aromatic rings. The summed E-state index contributed by atoms with van der Waals surface area (Å²) in [5.74, 6) is -1.22. The minimum absolute atomic E-state index is 0.105. The van der Waals surface area contributed by atoms with Gasteiger partial charge < -0.3 is 19.7 Å². The van der Waals surface area contributed by atoms with Crippen LogP contribution in [0.2, 0.25) is 0 Å². The van der Waals surface area contributed by atoms with Crippen molar-refractivity contribution in [3.05, 3.63) is 71.3 Å². The molecule has 2 aromatic carbocycles. The fourth-order valence-corrected chi connectivity index (χ4v) is 3.46. The Hall–Kier alpha value is -3.49. The van der Waals surface area contributed by atoms with E-state index in [2.05, 4.69) is 4.98 Å². The number of aromatic nitrogens is 2. The second-order valence-electron chi connectivity index (χ2n) is 7.65. The summed E-state index contributed by atoms with van der Waals surface area (Å²) < 4.78 is 12.1. The van der Waals surface area contributed by atoms with Crippen molar-refractivity contribution >= 4 is 11.9 Å². The Morgan fingerprint density at radius 3 is 2.31 bits per heavy atom. The number of methoxy groups -OCH3 is 1. The summed E-state index contributed by atoms with van der Waals surface area (Å²) in [5.41, 5.74) is 0.973. The highest BCUT2D eigenvalue weighted by Crippen LogP contribution is 2.30. The minimum atomic E-state index is -1.39. The number of hydrogen-bond acceptors (Lipinski definition) is 6. The van der Waals surface area contributed by atoms with Gasteiger partial charge in [-0.25, -0.2) is 14.6 Å². The van der Waals surface area contributed by atoms with Crippen LogP contribution >= 0.6 is 0 Å². The molecule has 8 nitrogen and oxygen atoms in total. The van der Waals surface area contributed by atoms with Crippen LogP contribution in [-0.2, 0) is 21.7 Å². The first kappa shape index (κ1) is 23.2. The van der Waals surface area contributed by atoms with E-state index in [1.807, 2.05) is 6.92 Å². The van der Waals surface area contributed by atoms with Crippen LogP contribution < -0.4 is 0 Å². The molecule has 0 unspecified atom stereocenters. The Morgan fingerprint density at radius 2 is 1.75 bits per heavy atom. The summed E-state index contributed by atoms with van der Waals surface area (Å²) in [6.45, 7) is 5.51. The van der Waals surface area contributed by atoms with Gasteiger partial charge in [-0.15, -0.1) is 0 Å². The van der Waals surface area contributed by atoms with Gasteiger partial charge in [0.15, 0.2) is 5.69 Å². The molecule has 0 bridgehead atoms. The molecular formula is C24H26N2O6. The van der Waals surface area contributed by atoms with E-state index >= 15 is 0 Å². The van der Waals surface area contributed by atoms with Crippen molar-refractivity contribution in [3.8, 4) is 16.8 Å². The molecule has 0 spiro atoms. The third-order valence-electron chi connectivity index (χ3n) is 4.93. The lowest BCUT2D eigenvalue weighted by Crippen LogP contribution is -2.22. The maximum absolute atomic E-state index is 12.7. The van der Waals surface area contributed by atoms with E-state index in [-0.39, 0.29) is 23.6 Å². The molecule has 3 rings (SSSR count). The number of rotatable bonds is 8. The normalized spacial score (nSPS) is 11.4. The van der Waals surface area contributed by atoms with Gasteiger partial charge in [0.05, 0.1) is 12.7 Å². The van der Waals surface area contributed by atoms with Gasteiger partial charge in [0.2, 0.25) is 0 Å². The zero-order valence-corrected chi connectivity index (χ0v) is 18.5. The van der Waals surface area contributed by atoms with Gasteiger partial charge in [0.25, 0.3) is 0 Å². The van der Waals surface area contributed by atoms with Crippen molar-refractivity contribution in [2.75, 3.05) is 13.7 Å². The van der Waals surface area contributed by atoms with E-state index in [9.17, 15) is 19.8 Å². The minimum Gasteiger partial charge on any atom is -0.478 e. The number of carboxylic acids is 1. The number of benzene rings is 2. The van der Waals surface area contributed by atoms with Crippen molar-refractivity contribution in [2.24, 2.45) is 0 Å². The largest absolute Gasteiger partial charge is 0.478 e. The smallest absolute Gasteiger partial charge is 0.357 e. The van der Waals surface area contributed by atoms with E-state index in [1.54, 1.807) is 66.9 Å². The summed E-state index contributed by atoms with van der Waals surface area (Å²) in [5, 5.41) is 20.1. The van der Waals surface area contributed by atoms with Gasteiger partial charge in [0.1, 0.15) is 23.7 Å². The van der Waals surface area contributed by atoms with Crippen LogP contribution in [0.15, 0.2) is 48.5 Å². The number of aromatic carboxylic acids is 1. The zero-order valence-electron chi connectivity index (χ0n) is 18.5. The van der Waals surface area contributed by atoms with Gasteiger partial charge in [-0.2, -0.15) is 0 Å². The van der Waals surface area contributed by atoms with Gasteiger partial charge in [0, 0.05) is 12.3 Å². The summed E-state index contributed by atoms with van der Waals surface area (Å²) in [7, 11) is 1.27. The highest BCUT2D eigenvalue weighted by molar-refractivity contribution is 5.96. The Bertz CT molecular complexity index is 1130. The van der Waals surface area contributed by atoms with Crippen LogP contribution in [0, 0.1) is 0 Å². The molecule has 0 atom stereocenters. The molecule has 1 heterocycles. The van der Waals surface area contributed by atoms with Crippen molar-refractivity contribution < 1.29 is 29.3 Å². The zero-order chi connectivity index (χ0) is 23.5. The molecule has 2 N–H and O–H groups in total. The SMILES string of the molecule is CCOCc1nc(C(C)(C)O)c(C(=O)OC)n1-c1ccc(-c2ccccc2C(=O)O)cc1. The molecule has 32 heavy (non-hydrogen) atoms. The highest BCUT2D eigenvalue weighted by atomic mass is 16.5. The highest BCUT2D eigenvalue weighted by Gasteiger charge is 2.33. The molecule has 0 radical (unpaired) electrons. The molecule has 0 aliphatic rings. The molecule has 0 fully saturated rings. The van der Waals surface area contributed by atoms with Gasteiger partial charge in [-0.05, 0) is 50.1 Å². The number of esters is 1. The standard InChI is InChI=1S/C24H26N2O6/c1-5-32-14-19-25-21(24(2,3)30)20(23(29)31-4)26(19)16-12-10-15(11-13-16)17-8-6-7-9-18(17)22(27)28/h6-13,30H,5,14H2,1-4H3,(H,27,28). The first-order valence-electron chi connectivity index (χ1n) is 10.1.